The number of nitrogens with zero attached hydrogens (tertiary/aromatic N) is 1. The number of hydrogen-bond acceptors (Lipinski definition) is 2. The third-order valence-corrected chi connectivity index (χ3v) is 4.96. The van der Waals surface area contributed by atoms with E-state index in [0.29, 0.717) is 6.54 Å². The lowest BCUT2D eigenvalue weighted by Crippen LogP contribution is -2.53. The minimum absolute atomic E-state index is 0.0414. The Labute approximate surface area is 125 Å². The van der Waals surface area contributed by atoms with Crippen LogP contribution in [0, 0.1) is 12.8 Å². The predicted molar refractivity (Wildman–Crippen MR) is 80.6 cm³/mol. The van der Waals surface area contributed by atoms with Gasteiger partial charge in [-0.05, 0) is 31.2 Å². The Morgan fingerprint density at radius 3 is 2.62 bits per heavy atom. The molecule has 1 N–H and O–H groups in total. The molecule has 0 unspecified atom stereocenters. The predicted octanol–water partition coefficient (Wildman–Crippen LogP) is 3.00. The minimum Gasteiger partial charge on any atom is -0.323 e. The van der Waals surface area contributed by atoms with Crippen LogP contribution in [0.5, 0.6) is 0 Å². The second-order valence-corrected chi connectivity index (χ2v) is 6.43. The van der Waals surface area contributed by atoms with Gasteiger partial charge in [-0.25, -0.2) is 4.79 Å². The molecule has 1 heterocycles. The molecule has 0 aromatic heterocycles. The van der Waals surface area contributed by atoms with Crippen LogP contribution in [0.15, 0.2) is 24.3 Å². The lowest BCUT2D eigenvalue weighted by Gasteiger charge is -2.36. The van der Waals surface area contributed by atoms with Crippen LogP contribution < -0.4 is 5.32 Å². The monoisotopic (exact) mass is 286 g/mol. The van der Waals surface area contributed by atoms with Crippen LogP contribution >= 0.6 is 0 Å². The zero-order valence-electron chi connectivity index (χ0n) is 12.7. The summed E-state index contributed by atoms with van der Waals surface area (Å²) < 4.78 is 0. The van der Waals surface area contributed by atoms with Crippen molar-refractivity contribution >= 4 is 11.9 Å². The van der Waals surface area contributed by atoms with Crippen molar-refractivity contribution in [1.82, 2.24) is 10.2 Å². The third-order valence-electron chi connectivity index (χ3n) is 4.96. The van der Waals surface area contributed by atoms with E-state index < -0.39 is 5.54 Å². The summed E-state index contributed by atoms with van der Waals surface area (Å²) in [6.07, 6.45) is 3.92. The van der Waals surface area contributed by atoms with E-state index in [2.05, 4.69) is 12.2 Å². The first-order valence-electron chi connectivity index (χ1n) is 7.72. The summed E-state index contributed by atoms with van der Waals surface area (Å²) in [6.45, 7) is 4.46. The van der Waals surface area contributed by atoms with Gasteiger partial charge in [-0.1, -0.05) is 49.6 Å². The summed E-state index contributed by atoms with van der Waals surface area (Å²) >= 11 is 0. The Balaban J connectivity index is 1.82. The minimum atomic E-state index is -0.653. The van der Waals surface area contributed by atoms with Crippen molar-refractivity contribution < 1.29 is 9.59 Å². The molecule has 1 aromatic carbocycles. The van der Waals surface area contributed by atoms with E-state index in [1.54, 1.807) is 0 Å². The largest absolute Gasteiger partial charge is 0.325 e. The second-order valence-electron chi connectivity index (χ2n) is 6.43. The second kappa shape index (κ2) is 5.17. The number of hydrogen-bond donors (Lipinski definition) is 1. The van der Waals surface area contributed by atoms with E-state index in [4.69, 9.17) is 0 Å². The number of carbonyl (C=O) groups excluding carboxylic acids is 2. The molecule has 2 aliphatic rings. The highest BCUT2D eigenvalue weighted by atomic mass is 16.2. The molecule has 4 heteroatoms. The van der Waals surface area contributed by atoms with Crippen molar-refractivity contribution in [2.45, 2.75) is 51.6 Å². The highest BCUT2D eigenvalue weighted by Crippen LogP contribution is 2.38. The summed E-state index contributed by atoms with van der Waals surface area (Å²) in [5.74, 6) is 0.172. The molecule has 0 bridgehead atoms. The molecule has 2 atom stereocenters. The molecule has 1 aromatic rings. The van der Waals surface area contributed by atoms with Gasteiger partial charge in [0.25, 0.3) is 5.91 Å². The van der Waals surface area contributed by atoms with Crippen LogP contribution in [0.4, 0.5) is 4.79 Å². The van der Waals surface area contributed by atoms with E-state index >= 15 is 0 Å². The molecule has 1 saturated heterocycles. The third kappa shape index (κ3) is 2.33. The molecule has 112 valence electrons. The molecule has 1 saturated carbocycles. The maximum absolute atomic E-state index is 12.8. The van der Waals surface area contributed by atoms with E-state index in [-0.39, 0.29) is 17.9 Å². The van der Waals surface area contributed by atoms with Gasteiger partial charge >= 0.3 is 6.03 Å². The van der Waals surface area contributed by atoms with Gasteiger partial charge < -0.3 is 5.32 Å². The van der Waals surface area contributed by atoms with Gasteiger partial charge in [-0.15, -0.1) is 0 Å². The standard InChI is InChI=1S/C17H22N2O2/c1-12-6-8-14(9-7-12)11-19-15(20)17(18-16(19)21)10-4-3-5-13(17)2/h6-9,13H,3-5,10-11H2,1-2H3,(H,18,21)/t13-,17-/m1/s1. The zero-order valence-corrected chi connectivity index (χ0v) is 12.7. The lowest BCUT2D eigenvalue weighted by atomic mass is 9.73. The van der Waals surface area contributed by atoms with Crippen molar-refractivity contribution in [2.75, 3.05) is 0 Å². The number of nitrogens with one attached hydrogen (secondary N) is 1. The number of rotatable bonds is 2. The number of aryl methyl sites for hydroxylation is 1. The van der Waals surface area contributed by atoms with E-state index in [0.717, 1.165) is 31.2 Å². The molecular weight excluding hydrogens is 264 g/mol. The van der Waals surface area contributed by atoms with Crippen LogP contribution in [0.3, 0.4) is 0 Å². The Kier molecular flexibility index (Phi) is 3.47. The number of benzene rings is 1. The van der Waals surface area contributed by atoms with Crippen LogP contribution in [-0.4, -0.2) is 22.4 Å². The fraction of sp³-hybridized carbons (Fsp3) is 0.529. The van der Waals surface area contributed by atoms with Gasteiger partial charge in [-0.2, -0.15) is 0 Å². The van der Waals surface area contributed by atoms with Gasteiger partial charge in [0.05, 0.1) is 6.54 Å². The lowest BCUT2D eigenvalue weighted by molar-refractivity contribution is -0.134. The Morgan fingerprint density at radius 2 is 1.95 bits per heavy atom. The molecule has 0 radical (unpaired) electrons. The Bertz CT molecular complexity index is 567. The molecular formula is C17H22N2O2. The summed E-state index contributed by atoms with van der Waals surface area (Å²) in [6, 6.07) is 7.73. The quantitative estimate of drug-likeness (QED) is 0.850. The molecule has 1 aliphatic carbocycles. The zero-order chi connectivity index (χ0) is 15.0. The summed E-state index contributed by atoms with van der Waals surface area (Å²) in [7, 11) is 0. The molecule has 21 heavy (non-hydrogen) atoms. The van der Waals surface area contributed by atoms with Gasteiger partial charge in [0, 0.05) is 0 Å². The molecule has 2 fully saturated rings. The Morgan fingerprint density at radius 1 is 1.24 bits per heavy atom. The van der Waals surface area contributed by atoms with Crippen LogP contribution in [-0.2, 0) is 11.3 Å². The molecule has 1 spiro atoms. The summed E-state index contributed by atoms with van der Waals surface area (Å²) in [5.41, 5.74) is 1.51. The van der Waals surface area contributed by atoms with Gasteiger partial charge in [0.2, 0.25) is 0 Å². The van der Waals surface area contributed by atoms with Crippen molar-refractivity contribution in [3.05, 3.63) is 35.4 Å². The summed E-state index contributed by atoms with van der Waals surface area (Å²) in [5, 5.41) is 2.99. The fourth-order valence-corrected chi connectivity index (χ4v) is 3.52. The van der Waals surface area contributed by atoms with Gasteiger partial charge in [0.15, 0.2) is 0 Å². The molecule has 4 nitrogen and oxygen atoms in total. The Hall–Kier alpha value is -1.84. The highest BCUT2D eigenvalue weighted by Gasteiger charge is 2.54. The average molecular weight is 286 g/mol. The number of imide groups is 1. The number of urea groups is 1. The van der Waals surface area contributed by atoms with Crippen molar-refractivity contribution in [3.8, 4) is 0 Å². The molecule has 3 rings (SSSR count). The van der Waals surface area contributed by atoms with Crippen LogP contribution in [0.1, 0.15) is 43.7 Å². The SMILES string of the molecule is Cc1ccc(CN2C(=O)N[C@@]3(CCCC[C@H]3C)C2=O)cc1. The van der Waals surface area contributed by atoms with Crippen molar-refractivity contribution in [2.24, 2.45) is 5.92 Å². The van der Waals surface area contributed by atoms with Crippen molar-refractivity contribution in [1.29, 1.82) is 0 Å². The molecule has 3 amide bonds. The maximum Gasteiger partial charge on any atom is 0.325 e. The van der Waals surface area contributed by atoms with Gasteiger partial charge in [-0.3, -0.25) is 9.69 Å². The first kappa shape index (κ1) is 14.1. The van der Waals surface area contributed by atoms with E-state index in [9.17, 15) is 9.59 Å². The maximum atomic E-state index is 12.8. The van der Waals surface area contributed by atoms with Crippen molar-refractivity contribution in [3.63, 3.8) is 0 Å². The fourth-order valence-electron chi connectivity index (χ4n) is 3.52. The first-order valence-corrected chi connectivity index (χ1v) is 7.72. The van der Waals surface area contributed by atoms with E-state index in [1.807, 2.05) is 31.2 Å². The van der Waals surface area contributed by atoms with Crippen LogP contribution in [0.25, 0.3) is 0 Å². The van der Waals surface area contributed by atoms with E-state index in [1.165, 1.54) is 10.5 Å². The number of amides is 3. The average Bonchev–Trinajstić information content (AvgIpc) is 2.70. The molecule has 1 aliphatic heterocycles. The first-order chi connectivity index (χ1) is 10.0. The summed E-state index contributed by atoms with van der Waals surface area (Å²) in [4.78, 5) is 26.5. The number of carbonyl (C=O) groups is 2. The highest BCUT2D eigenvalue weighted by molar-refractivity contribution is 6.07. The topological polar surface area (TPSA) is 49.4 Å². The van der Waals surface area contributed by atoms with Crippen LogP contribution in [0.2, 0.25) is 0 Å². The van der Waals surface area contributed by atoms with Gasteiger partial charge in [0.1, 0.15) is 5.54 Å². The smallest absolute Gasteiger partial charge is 0.323 e. The normalized spacial score (nSPS) is 29.0.